The predicted octanol–water partition coefficient (Wildman–Crippen LogP) is 0.665. The SMILES string of the molecule is COc1cccc(S(=O)(=O)CCN[C@@H]2CCc3ncnn3C2)c1. The molecule has 2 heterocycles. The van der Waals surface area contributed by atoms with Gasteiger partial charge < -0.3 is 10.1 Å². The molecule has 0 unspecified atom stereocenters. The molecule has 2 aromatic rings. The summed E-state index contributed by atoms with van der Waals surface area (Å²) in [6, 6.07) is 6.80. The van der Waals surface area contributed by atoms with Crippen molar-refractivity contribution in [1.29, 1.82) is 0 Å². The Labute approximate surface area is 135 Å². The Bertz CT molecular complexity index is 773. The third kappa shape index (κ3) is 3.70. The molecule has 0 fully saturated rings. The van der Waals surface area contributed by atoms with Crippen LogP contribution in [0.25, 0.3) is 0 Å². The van der Waals surface area contributed by atoms with Gasteiger partial charge in [-0.15, -0.1) is 0 Å². The summed E-state index contributed by atoms with van der Waals surface area (Å²) >= 11 is 0. The highest BCUT2D eigenvalue weighted by atomic mass is 32.2. The Kier molecular flexibility index (Phi) is 4.63. The number of benzene rings is 1. The zero-order chi connectivity index (χ0) is 16.3. The van der Waals surface area contributed by atoms with Crippen LogP contribution in [0.3, 0.4) is 0 Å². The predicted molar refractivity (Wildman–Crippen MR) is 85.2 cm³/mol. The average molecular weight is 336 g/mol. The van der Waals surface area contributed by atoms with Gasteiger partial charge in [-0.2, -0.15) is 5.10 Å². The van der Waals surface area contributed by atoms with Crippen molar-refractivity contribution in [2.24, 2.45) is 0 Å². The normalized spacial score (nSPS) is 17.7. The van der Waals surface area contributed by atoms with E-state index in [0.29, 0.717) is 17.2 Å². The summed E-state index contributed by atoms with van der Waals surface area (Å²) < 4.78 is 31.7. The molecule has 124 valence electrons. The Morgan fingerprint density at radius 2 is 2.30 bits per heavy atom. The van der Waals surface area contributed by atoms with Crippen molar-refractivity contribution in [3.05, 3.63) is 36.4 Å². The summed E-state index contributed by atoms with van der Waals surface area (Å²) in [5.41, 5.74) is 0. The van der Waals surface area contributed by atoms with Gasteiger partial charge in [0, 0.05) is 19.0 Å². The van der Waals surface area contributed by atoms with E-state index in [-0.39, 0.29) is 11.8 Å². The molecule has 1 aromatic carbocycles. The number of fused-ring (bicyclic) bond motifs is 1. The van der Waals surface area contributed by atoms with E-state index in [1.165, 1.54) is 7.11 Å². The summed E-state index contributed by atoms with van der Waals surface area (Å²) in [7, 11) is -1.80. The van der Waals surface area contributed by atoms with Crippen molar-refractivity contribution in [3.8, 4) is 5.75 Å². The van der Waals surface area contributed by atoms with Crippen LogP contribution in [0.4, 0.5) is 0 Å². The van der Waals surface area contributed by atoms with E-state index < -0.39 is 9.84 Å². The Morgan fingerprint density at radius 3 is 3.13 bits per heavy atom. The molecule has 0 aliphatic carbocycles. The molecule has 3 rings (SSSR count). The third-order valence-corrected chi connectivity index (χ3v) is 5.72. The van der Waals surface area contributed by atoms with Crippen LogP contribution in [0.2, 0.25) is 0 Å². The first-order valence-electron chi connectivity index (χ1n) is 7.55. The van der Waals surface area contributed by atoms with Gasteiger partial charge in [0.2, 0.25) is 0 Å². The highest BCUT2D eigenvalue weighted by molar-refractivity contribution is 7.91. The fourth-order valence-corrected chi connectivity index (χ4v) is 3.92. The van der Waals surface area contributed by atoms with E-state index in [2.05, 4.69) is 15.4 Å². The highest BCUT2D eigenvalue weighted by Crippen LogP contribution is 2.18. The Morgan fingerprint density at radius 1 is 1.43 bits per heavy atom. The van der Waals surface area contributed by atoms with Crippen LogP contribution in [-0.2, 0) is 22.8 Å². The number of hydrogen-bond donors (Lipinski definition) is 1. The maximum absolute atomic E-state index is 12.4. The second-order valence-corrected chi connectivity index (χ2v) is 7.66. The summed E-state index contributed by atoms with van der Waals surface area (Å²) in [6.45, 7) is 1.14. The Hall–Kier alpha value is -1.93. The molecule has 0 spiro atoms. The summed E-state index contributed by atoms with van der Waals surface area (Å²) in [4.78, 5) is 4.48. The molecule has 7 nitrogen and oxygen atoms in total. The van der Waals surface area contributed by atoms with E-state index in [1.807, 2.05) is 4.68 Å². The minimum Gasteiger partial charge on any atom is -0.497 e. The van der Waals surface area contributed by atoms with Crippen molar-refractivity contribution in [2.45, 2.75) is 30.3 Å². The number of hydrogen-bond acceptors (Lipinski definition) is 6. The second-order valence-electron chi connectivity index (χ2n) is 5.55. The minimum atomic E-state index is -3.32. The Balaban J connectivity index is 1.55. The number of sulfone groups is 1. The number of aryl methyl sites for hydroxylation is 1. The molecule has 0 saturated heterocycles. The molecule has 1 atom stereocenters. The van der Waals surface area contributed by atoms with Crippen molar-refractivity contribution < 1.29 is 13.2 Å². The summed E-state index contributed by atoms with van der Waals surface area (Å²) in [6.07, 6.45) is 3.36. The molecule has 8 heteroatoms. The standard InChI is InChI=1S/C15H20N4O3S/c1-22-13-3-2-4-14(9-13)23(20,21)8-7-16-12-5-6-15-17-11-18-19(15)10-12/h2-4,9,11-12,16H,5-8,10H2,1H3/t12-/m1/s1. The number of nitrogens with one attached hydrogen (secondary N) is 1. The molecule has 23 heavy (non-hydrogen) atoms. The first-order valence-corrected chi connectivity index (χ1v) is 9.20. The number of ether oxygens (including phenoxy) is 1. The largest absolute Gasteiger partial charge is 0.497 e. The monoisotopic (exact) mass is 336 g/mol. The molecular formula is C15H20N4O3S. The van der Waals surface area contributed by atoms with Crippen LogP contribution < -0.4 is 10.1 Å². The van der Waals surface area contributed by atoms with Gasteiger partial charge in [-0.3, -0.25) is 0 Å². The van der Waals surface area contributed by atoms with Crippen molar-refractivity contribution in [3.63, 3.8) is 0 Å². The van der Waals surface area contributed by atoms with E-state index >= 15 is 0 Å². The maximum Gasteiger partial charge on any atom is 0.179 e. The van der Waals surface area contributed by atoms with Crippen LogP contribution in [0, 0.1) is 0 Å². The van der Waals surface area contributed by atoms with Gasteiger partial charge in [-0.25, -0.2) is 18.1 Å². The lowest BCUT2D eigenvalue weighted by atomic mass is 10.1. The van der Waals surface area contributed by atoms with Crippen LogP contribution in [0.1, 0.15) is 12.2 Å². The molecule has 0 saturated carbocycles. The fraction of sp³-hybridized carbons (Fsp3) is 0.467. The van der Waals surface area contributed by atoms with Gasteiger partial charge in [-0.05, 0) is 24.6 Å². The van der Waals surface area contributed by atoms with Crippen LogP contribution >= 0.6 is 0 Å². The molecule has 1 aromatic heterocycles. The molecule has 1 aliphatic rings. The van der Waals surface area contributed by atoms with Crippen LogP contribution in [0.15, 0.2) is 35.5 Å². The minimum absolute atomic E-state index is 0.0564. The lowest BCUT2D eigenvalue weighted by Gasteiger charge is -2.23. The van der Waals surface area contributed by atoms with E-state index in [0.717, 1.165) is 25.2 Å². The van der Waals surface area contributed by atoms with Gasteiger partial charge in [0.1, 0.15) is 17.9 Å². The zero-order valence-corrected chi connectivity index (χ0v) is 13.8. The van der Waals surface area contributed by atoms with E-state index in [1.54, 1.807) is 30.6 Å². The number of nitrogens with zero attached hydrogens (tertiary/aromatic N) is 3. The summed E-state index contributed by atoms with van der Waals surface area (Å²) in [5, 5.41) is 7.47. The second kappa shape index (κ2) is 6.67. The van der Waals surface area contributed by atoms with Crippen molar-refractivity contribution in [1.82, 2.24) is 20.1 Å². The first-order chi connectivity index (χ1) is 11.1. The number of rotatable bonds is 6. The quantitative estimate of drug-likeness (QED) is 0.834. The fourth-order valence-electron chi connectivity index (χ4n) is 2.71. The molecule has 1 N–H and O–H groups in total. The number of methoxy groups -OCH3 is 1. The van der Waals surface area contributed by atoms with Gasteiger partial charge in [0.15, 0.2) is 9.84 Å². The third-order valence-electron chi connectivity index (χ3n) is 4.01. The average Bonchev–Trinajstić information content (AvgIpc) is 3.02. The topological polar surface area (TPSA) is 86.1 Å². The molecular weight excluding hydrogens is 316 g/mol. The van der Waals surface area contributed by atoms with Crippen LogP contribution in [0.5, 0.6) is 5.75 Å². The lowest BCUT2D eigenvalue weighted by molar-refractivity contribution is 0.365. The van der Waals surface area contributed by atoms with Crippen LogP contribution in [-0.4, -0.2) is 48.6 Å². The van der Waals surface area contributed by atoms with E-state index in [4.69, 9.17) is 4.74 Å². The van der Waals surface area contributed by atoms with Gasteiger partial charge >= 0.3 is 0 Å². The van der Waals surface area contributed by atoms with E-state index in [9.17, 15) is 8.42 Å². The summed E-state index contributed by atoms with van der Waals surface area (Å²) in [5.74, 6) is 1.60. The van der Waals surface area contributed by atoms with Gasteiger partial charge in [0.25, 0.3) is 0 Å². The lowest BCUT2D eigenvalue weighted by Crippen LogP contribution is -2.40. The van der Waals surface area contributed by atoms with Crippen molar-refractivity contribution >= 4 is 9.84 Å². The first kappa shape index (κ1) is 15.9. The maximum atomic E-state index is 12.4. The number of aromatic nitrogens is 3. The van der Waals surface area contributed by atoms with Gasteiger partial charge in [-0.1, -0.05) is 6.07 Å². The van der Waals surface area contributed by atoms with Crippen molar-refractivity contribution in [2.75, 3.05) is 19.4 Å². The molecule has 0 bridgehead atoms. The molecule has 0 amide bonds. The van der Waals surface area contributed by atoms with Gasteiger partial charge in [0.05, 0.1) is 24.3 Å². The zero-order valence-electron chi connectivity index (χ0n) is 13.0. The highest BCUT2D eigenvalue weighted by Gasteiger charge is 2.20. The smallest absolute Gasteiger partial charge is 0.179 e. The molecule has 1 aliphatic heterocycles. The molecule has 0 radical (unpaired) electrons.